The van der Waals surface area contributed by atoms with E-state index in [4.69, 9.17) is 10.5 Å². The molecule has 4 heteroatoms. The highest BCUT2D eigenvalue weighted by Crippen LogP contribution is 2.30. The Bertz CT molecular complexity index is 530. The quantitative estimate of drug-likeness (QED) is 0.716. The SMILES string of the molecule is COc1cc(N)c2nc3n(c2c1)CCC3. The highest BCUT2D eigenvalue weighted by molar-refractivity contribution is 5.89. The summed E-state index contributed by atoms with van der Waals surface area (Å²) >= 11 is 0. The van der Waals surface area contributed by atoms with Gasteiger partial charge in [-0.2, -0.15) is 0 Å². The molecule has 0 bridgehead atoms. The molecule has 2 heterocycles. The number of fused-ring (bicyclic) bond motifs is 3. The van der Waals surface area contributed by atoms with Crippen LogP contribution in [0.5, 0.6) is 5.75 Å². The third-order valence-corrected chi connectivity index (χ3v) is 2.95. The van der Waals surface area contributed by atoms with Crippen molar-refractivity contribution < 1.29 is 4.74 Å². The van der Waals surface area contributed by atoms with Crippen LogP contribution in [0.25, 0.3) is 11.0 Å². The van der Waals surface area contributed by atoms with Crippen LogP contribution in [-0.4, -0.2) is 16.7 Å². The number of imidazole rings is 1. The van der Waals surface area contributed by atoms with Crippen molar-refractivity contribution in [1.29, 1.82) is 0 Å². The first-order chi connectivity index (χ1) is 7.29. The van der Waals surface area contributed by atoms with Gasteiger partial charge < -0.3 is 15.0 Å². The number of rotatable bonds is 1. The summed E-state index contributed by atoms with van der Waals surface area (Å²) in [6.45, 7) is 1.04. The second-order valence-corrected chi connectivity index (χ2v) is 3.87. The highest BCUT2D eigenvalue weighted by Gasteiger charge is 2.17. The number of nitrogens with two attached hydrogens (primary N) is 1. The van der Waals surface area contributed by atoms with E-state index in [1.54, 1.807) is 7.11 Å². The summed E-state index contributed by atoms with van der Waals surface area (Å²) in [5.74, 6) is 1.94. The van der Waals surface area contributed by atoms with Crippen molar-refractivity contribution in [3.8, 4) is 5.75 Å². The van der Waals surface area contributed by atoms with E-state index >= 15 is 0 Å². The zero-order chi connectivity index (χ0) is 10.4. The molecule has 1 aromatic heterocycles. The Balaban J connectivity index is 2.35. The molecule has 2 N–H and O–H groups in total. The topological polar surface area (TPSA) is 53.1 Å². The number of aromatic nitrogens is 2. The molecule has 0 saturated heterocycles. The van der Waals surface area contributed by atoms with Gasteiger partial charge in [-0.3, -0.25) is 0 Å². The molecular formula is C11H13N3O. The first kappa shape index (κ1) is 8.59. The smallest absolute Gasteiger partial charge is 0.123 e. The molecule has 0 amide bonds. The molecule has 3 rings (SSSR count). The first-order valence-corrected chi connectivity index (χ1v) is 5.12. The summed E-state index contributed by atoms with van der Waals surface area (Å²) in [6.07, 6.45) is 2.23. The van der Waals surface area contributed by atoms with Crippen LogP contribution in [0, 0.1) is 0 Å². The predicted molar refractivity (Wildman–Crippen MR) is 59.0 cm³/mol. The fourth-order valence-electron chi connectivity index (χ4n) is 2.22. The number of hydrogen-bond acceptors (Lipinski definition) is 3. The van der Waals surface area contributed by atoms with Gasteiger partial charge in [0.2, 0.25) is 0 Å². The van der Waals surface area contributed by atoms with Crippen molar-refractivity contribution in [1.82, 2.24) is 9.55 Å². The van der Waals surface area contributed by atoms with Crippen molar-refractivity contribution in [2.75, 3.05) is 12.8 Å². The average Bonchev–Trinajstić information content (AvgIpc) is 2.78. The van der Waals surface area contributed by atoms with E-state index in [1.165, 1.54) is 6.42 Å². The van der Waals surface area contributed by atoms with E-state index in [0.717, 1.165) is 35.6 Å². The van der Waals surface area contributed by atoms with E-state index in [0.29, 0.717) is 5.69 Å². The van der Waals surface area contributed by atoms with E-state index in [-0.39, 0.29) is 0 Å². The third kappa shape index (κ3) is 1.11. The molecule has 0 atom stereocenters. The Hall–Kier alpha value is -1.71. The van der Waals surface area contributed by atoms with E-state index in [1.807, 2.05) is 12.1 Å². The third-order valence-electron chi connectivity index (χ3n) is 2.95. The van der Waals surface area contributed by atoms with Crippen LogP contribution in [0.2, 0.25) is 0 Å². The summed E-state index contributed by atoms with van der Waals surface area (Å²) in [5.41, 5.74) is 8.64. The van der Waals surface area contributed by atoms with Crippen LogP contribution in [0.15, 0.2) is 12.1 Å². The summed E-state index contributed by atoms with van der Waals surface area (Å²) in [5, 5.41) is 0. The molecule has 0 aliphatic carbocycles. The first-order valence-electron chi connectivity index (χ1n) is 5.12. The standard InChI is InChI=1S/C11H13N3O/c1-15-7-5-8(12)11-9(6-7)14-4-2-3-10(14)13-11/h5-6H,2-4,12H2,1H3. The number of ether oxygens (including phenoxy) is 1. The van der Waals surface area contributed by atoms with Gasteiger partial charge in [0.25, 0.3) is 0 Å². The molecule has 15 heavy (non-hydrogen) atoms. The maximum Gasteiger partial charge on any atom is 0.123 e. The molecule has 0 saturated carbocycles. The Kier molecular flexibility index (Phi) is 1.65. The molecule has 1 aliphatic heterocycles. The maximum absolute atomic E-state index is 5.94. The molecule has 0 radical (unpaired) electrons. The molecule has 2 aromatic rings. The number of nitrogens with zero attached hydrogens (tertiary/aromatic N) is 2. The van der Waals surface area contributed by atoms with Crippen LogP contribution in [0.1, 0.15) is 12.2 Å². The minimum atomic E-state index is 0.700. The normalized spacial score (nSPS) is 14.5. The lowest BCUT2D eigenvalue weighted by molar-refractivity contribution is 0.415. The summed E-state index contributed by atoms with van der Waals surface area (Å²) in [7, 11) is 1.65. The van der Waals surface area contributed by atoms with Crippen LogP contribution in [0.3, 0.4) is 0 Å². The summed E-state index contributed by atoms with van der Waals surface area (Å²) < 4.78 is 7.44. The molecule has 0 fully saturated rings. The zero-order valence-corrected chi connectivity index (χ0v) is 8.66. The fourth-order valence-corrected chi connectivity index (χ4v) is 2.22. The number of methoxy groups -OCH3 is 1. The van der Waals surface area contributed by atoms with Gasteiger partial charge in [0.05, 0.1) is 18.3 Å². The van der Waals surface area contributed by atoms with Crippen molar-refractivity contribution in [2.45, 2.75) is 19.4 Å². The lowest BCUT2D eigenvalue weighted by atomic mass is 10.2. The van der Waals surface area contributed by atoms with Crippen molar-refractivity contribution in [3.63, 3.8) is 0 Å². The number of benzene rings is 1. The van der Waals surface area contributed by atoms with Gasteiger partial charge in [-0.1, -0.05) is 0 Å². The lowest BCUT2D eigenvalue weighted by Crippen LogP contribution is -1.94. The second-order valence-electron chi connectivity index (χ2n) is 3.87. The van der Waals surface area contributed by atoms with Crippen LogP contribution in [0.4, 0.5) is 5.69 Å². The second kappa shape index (κ2) is 2.89. The van der Waals surface area contributed by atoms with Crippen LogP contribution < -0.4 is 10.5 Å². The van der Waals surface area contributed by atoms with Crippen molar-refractivity contribution >= 4 is 16.7 Å². The molecule has 0 spiro atoms. The number of nitrogen functional groups attached to an aromatic ring is 1. The number of anilines is 1. The lowest BCUT2D eigenvalue weighted by Gasteiger charge is -2.04. The Morgan fingerprint density at radius 2 is 2.33 bits per heavy atom. The van der Waals surface area contributed by atoms with Crippen molar-refractivity contribution in [3.05, 3.63) is 18.0 Å². The van der Waals surface area contributed by atoms with E-state index < -0.39 is 0 Å². The molecular weight excluding hydrogens is 190 g/mol. The van der Waals surface area contributed by atoms with Gasteiger partial charge in [-0.05, 0) is 6.42 Å². The van der Waals surface area contributed by atoms with E-state index in [9.17, 15) is 0 Å². The van der Waals surface area contributed by atoms with Gasteiger partial charge in [0.15, 0.2) is 0 Å². The van der Waals surface area contributed by atoms with Crippen LogP contribution >= 0.6 is 0 Å². The summed E-state index contributed by atoms with van der Waals surface area (Å²) in [6, 6.07) is 3.83. The molecule has 1 aromatic carbocycles. The van der Waals surface area contributed by atoms with Gasteiger partial charge in [-0.15, -0.1) is 0 Å². The molecule has 78 valence electrons. The Morgan fingerprint density at radius 1 is 1.47 bits per heavy atom. The molecule has 1 aliphatic rings. The zero-order valence-electron chi connectivity index (χ0n) is 8.66. The average molecular weight is 203 g/mol. The van der Waals surface area contributed by atoms with Gasteiger partial charge in [0.1, 0.15) is 17.1 Å². The summed E-state index contributed by atoms with van der Waals surface area (Å²) in [4.78, 5) is 4.55. The monoisotopic (exact) mass is 203 g/mol. The van der Waals surface area contributed by atoms with Gasteiger partial charge >= 0.3 is 0 Å². The van der Waals surface area contributed by atoms with Crippen LogP contribution in [-0.2, 0) is 13.0 Å². The maximum atomic E-state index is 5.94. The van der Waals surface area contributed by atoms with Gasteiger partial charge in [-0.25, -0.2) is 4.98 Å². The van der Waals surface area contributed by atoms with Crippen molar-refractivity contribution in [2.24, 2.45) is 0 Å². The number of aryl methyl sites for hydroxylation is 2. The Morgan fingerprint density at radius 3 is 3.13 bits per heavy atom. The predicted octanol–water partition coefficient (Wildman–Crippen LogP) is 1.57. The molecule has 4 nitrogen and oxygen atoms in total. The van der Waals surface area contributed by atoms with Gasteiger partial charge in [0, 0.05) is 25.1 Å². The fraction of sp³-hybridized carbons (Fsp3) is 0.364. The number of hydrogen-bond donors (Lipinski definition) is 1. The minimum absolute atomic E-state index is 0.700. The minimum Gasteiger partial charge on any atom is -0.497 e. The molecule has 0 unspecified atom stereocenters. The van der Waals surface area contributed by atoms with E-state index in [2.05, 4.69) is 9.55 Å². The highest BCUT2D eigenvalue weighted by atomic mass is 16.5. The largest absolute Gasteiger partial charge is 0.497 e. The Labute approximate surface area is 87.7 Å².